The van der Waals surface area contributed by atoms with Gasteiger partial charge >= 0.3 is 5.97 Å². The van der Waals surface area contributed by atoms with Crippen LogP contribution in [0.5, 0.6) is 5.75 Å². The van der Waals surface area contributed by atoms with Gasteiger partial charge in [-0.25, -0.2) is 4.79 Å². The maximum atomic E-state index is 11.9. The fraction of sp³-hybridized carbons (Fsp3) is 0.176. The molecule has 5 heteroatoms. The molecule has 0 heterocycles. The second-order valence-corrected chi connectivity index (χ2v) is 4.69. The number of amides is 1. The molecular formula is C17H17NO4. The summed E-state index contributed by atoms with van der Waals surface area (Å²) in [6.45, 7) is 1.86. The molecule has 1 amide bonds. The Hall–Kier alpha value is -2.82. The number of para-hydroxylation sites is 1. The van der Waals surface area contributed by atoms with E-state index in [-0.39, 0.29) is 17.9 Å². The quantitative estimate of drug-likeness (QED) is 0.860. The van der Waals surface area contributed by atoms with Crippen molar-refractivity contribution in [3.05, 3.63) is 59.7 Å². The van der Waals surface area contributed by atoms with Gasteiger partial charge < -0.3 is 15.2 Å². The standard InChI is InChI=1S/C17H17NO4/c1-2-12-6-5-7-13(10-12)22-11-16(19)18-15-9-4-3-8-14(15)17(20)21/h3-10H,2,11H2,1H3,(H,18,19)(H,20,21). The number of carbonyl (C=O) groups is 2. The number of hydrogen-bond donors (Lipinski definition) is 2. The number of carboxylic acids is 1. The molecule has 2 aromatic rings. The van der Waals surface area contributed by atoms with Gasteiger partial charge in [-0.2, -0.15) is 0 Å². The van der Waals surface area contributed by atoms with Gasteiger partial charge in [0.25, 0.3) is 5.91 Å². The molecule has 2 N–H and O–H groups in total. The summed E-state index contributed by atoms with van der Waals surface area (Å²) in [5.41, 5.74) is 1.42. The van der Waals surface area contributed by atoms with Gasteiger partial charge in [0, 0.05) is 0 Å². The topological polar surface area (TPSA) is 75.6 Å². The second-order valence-electron chi connectivity index (χ2n) is 4.69. The van der Waals surface area contributed by atoms with Crippen molar-refractivity contribution in [3.63, 3.8) is 0 Å². The fourth-order valence-corrected chi connectivity index (χ4v) is 1.97. The van der Waals surface area contributed by atoms with E-state index in [1.54, 1.807) is 24.3 Å². The monoisotopic (exact) mass is 299 g/mol. The predicted octanol–water partition coefficient (Wildman–Crippen LogP) is 2.96. The highest BCUT2D eigenvalue weighted by molar-refractivity contribution is 6.00. The molecule has 0 aliphatic carbocycles. The zero-order valence-corrected chi connectivity index (χ0v) is 12.2. The van der Waals surface area contributed by atoms with E-state index in [2.05, 4.69) is 5.32 Å². The first kappa shape index (κ1) is 15.6. The van der Waals surface area contributed by atoms with E-state index in [0.29, 0.717) is 5.75 Å². The number of hydrogen-bond acceptors (Lipinski definition) is 3. The molecule has 0 saturated carbocycles. The van der Waals surface area contributed by atoms with Crippen molar-refractivity contribution >= 4 is 17.6 Å². The molecule has 22 heavy (non-hydrogen) atoms. The summed E-state index contributed by atoms with van der Waals surface area (Å²) in [6.07, 6.45) is 0.884. The maximum Gasteiger partial charge on any atom is 0.337 e. The minimum atomic E-state index is -1.09. The van der Waals surface area contributed by atoms with Crippen LogP contribution in [-0.4, -0.2) is 23.6 Å². The third-order valence-corrected chi connectivity index (χ3v) is 3.11. The van der Waals surface area contributed by atoms with Crippen molar-refractivity contribution in [1.82, 2.24) is 0 Å². The average molecular weight is 299 g/mol. The van der Waals surface area contributed by atoms with Crippen LogP contribution in [0.2, 0.25) is 0 Å². The smallest absolute Gasteiger partial charge is 0.337 e. The first-order chi connectivity index (χ1) is 10.6. The molecule has 0 radical (unpaired) electrons. The molecule has 2 rings (SSSR count). The highest BCUT2D eigenvalue weighted by atomic mass is 16.5. The molecule has 5 nitrogen and oxygen atoms in total. The molecule has 0 aliphatic heterocycles. The predicted molar refractivity (Wildman–Crippen MR) is 83.3 cm³/mol. The van der Waals surface area contributed by atoms with Crippen LogP contribution in [0.15, 0.2) is 48.5 Å². The number of rotatable bonds is 6. The van der Waals surface area contributed by atoms with E-state index >= 15 is 0 Å². The zero-order chi connectivity index (χ0) is 15.9. The number of anilines is 1. The van der Waals surface area contributed by atoms with Crippen LogP contribution in [-0.2, 0) is 11.2 Å². The number of aryl methyl sites for hydroxylation is 1. The van der Waals surface area contributed by atoms with Gasteiger partial charge in [0.2, 0.25) is 0 Å². The minimum Gasteiger partial charge on any atom is -0.484 e. The lowest BCUT2D eigenvalue weighted by Crippen LogP contribution is -2.21. The molecule has 0 aliphatic rings. The lowest BCUT2D eigenvalue weighted by Gasteiger charge is -2.10. The van der Waals surface area contributed by atoms with Gasteiger partial charge in [-0.1, -0.05) is 31.2 Å². The second kappa shape index (κ2) is 7.26. The van der Waals surface area contributed by atoms with Gasteiger partial charge in [0.05, 0.1) is 11.3 Å². The van der Waals surface area contributed by atoms with Gasteiger partial charge in [-0.3, -0.25) is 4.79 Å². The first-order valence-corrected chi connectivity index (χ1v) is 6.94. The van der Waals surface area contributed by atoms with E-state index < -0.39 is 11.9 Å². The van der Waals surface area contributed by atoms with Crippen molar-refractivity contribution in [2.24, 2.45) is 0 Å². The Kier molecular flexibility index (Phi) is 5.14. The van der Waals surface area contributed by atoms with Gasteiger partial charge in [-0.05, 0) is 36.2 Å². The lowest BCUT2D eigenvalue weighted by molar-refractivity contribution is -0.118. The van der Waals surface area contributed by atoms with Crippen LogP contribution < -0.4 is 10.1 Å². The van der Waals surface area contributed by atoms with E-state index in [1.807, 2.05) is 25.1 Å². The average Bonchev–Trinajstić information content (AvgIpc) is 2.53. The number of carboxylic acid groups (broad SMARTS) is 1. The number of aromatic carboxylic acids is 1. The Morgan fingerprint density at radius 1 is 1.14 bits per heavy atom. The van der Waals surface area contributed by atoms with Crippen molar-refractivity contribution in [1.29, 1.82) is 0 Å². The number of ether oxygens (including phenoxy) is 1. The highest BCUT2D eigenvalue weighted by Crippen LogP contribution is 2.16. The minimum absolute atomic E-state index is 0.0452. The van der Waals surface area contributed by atoms with Crippen molar-refractivity contribution < 1.29 is 19.4 Å². The normalized spacial score (nSPS) is 10.0. The number of nitrogens with one attached hydrogen (secondary N) is 1. The molecule has 0 spiro atoms. The summed E-state index contributed by atoms with van der Waals surface area (Å²) < 4.78 is 5.42. The summed E-state index contributed by atoms with van der Waals surface area (Å²) in [5, 5.41) is 11.6. The lowest BCUT2D eigenvalue weighted by atomic mass is 10.2. The Balaban J connectivity index is 1.97. The Morgan fingerprint density at radius 2 is 1.91 bits per heavy atom. The summed E-state index contributed by atoms with van der Waals surface area (Å²) in [4.78, 5) is 23.0. The molecule has 0 unspecified atom stereocenters. The molecular weight excluding hydrogens is 282 g/mol. The van der Waals surface area contributed by atoms with E-state index in [9.17, 15) is 9.59 Å². The van der Waals surface area contributed by atoms with Crippen LogP contribution in [0.25, 0.3) is 0 Å². The fourth-order valence-electron chi connectivity index (χ4n) is 1.97. The SMILES string of the molecule is CCc1cccc(OCC(=O)Nc2ccccc2C(=O)O)c1. The van der Waals surface area contributed by atoms with Crippen molar-refractivity contribution in [2.45, 2.75) is 13.3 Å². The summed E-state index contributed by atoms with van der Waals surface area (Å²) in [7, 11) is 0. The number of benzene rings is 2. The summed E-state index contributed by atoms with van der Waals surface area (Å²) in [5.74, 6) is -0.885. The van der Waals surface area contributed by atoms with Crippen LogP contribution in [0.4, 0.5) is 5.69 Å². The molecule has 0 fully saturated rings. The highest BCUT2D eigenvalue weighted by Gasteiger charge is 2.12. The van der Waals surface area contributed by atoms with Crippen LogP contribution in [0, 0.1) is 0 Å². The van der Waals surface area contributed by atoms with Crippen molar-refractivity contribution in [2.75, 3.05) is 11.9 Å². The Labute approximate surface area is 128 Å². The molecule has 2 aromatic carbocycles. The molecule has 0 aromatic heterocycles. The third-order valence-electron chi connectivity index (χ3n) is 3.11. The zero-order valence-electron chi connectivity index (χ0n) is 12.2. The van der Waals surface area contributed by atoms with Crippen molar-refractivity contribution in [3.8, 4) is 5.75 Å². The van der Waals surface area contributed by atoms with Gasteiger partial charge in [0.1, 0.15) is 5.75 Å². The number of carbonyl (C=O) groups excluding carboxylic acids is 1. The van der Waals surface area contributed by atoms with E-state index in [1.165, 1.54) is 6.07 Å². The summed E-state index contributed by atoms with van der Waals surface area (Å²) >= 11 is 0. The molecule has 114 valence electrons. The van der Waals surface area contributed by atoms with Crippen LogP contribution in [0.1, 0.15) is 22.8 Å². The molecule has 0 saturated heterocycles. The third kappa shape index (κ3) is 4.09. The van der Waals surface area contributed by atoms with E-state index in [4.69, 9.17) is 9.84 Å². The van der Waals surface area contributed by atoms with Crippen LogP contribution in [0.3, 0.4) is 0 Å². The largest absolute Gasteiger partial charge is 0.484 e. The first-order valence-electron chi connectivity index (χ1n) is 6.94. The Bertz CT molecular complexity index is 682. The van der Waals surface area contributed by atoms with Gasteiger partial charge in [-0.15, -0.1) is 0 Å². The summed E-state index contributed by atoms with van der Waals surface area (Å²) in [6, 6.07) is 13.7. The van der Waals surface area contributed by atoms with E-state index in [0.717, 1.165) is 12.0 Å². The Morgan fingerprint density at radius 3 is 2.64 bits per heavy atom. The maximum absolute atomic E-state index is 11.9. The molecule has 0 atom stereocenters. The molecule has 0 bridgehead atoms. The van der Waals surface area contributed by atoms with Gasteiger partial charge in [0.15, 0.2) is 6.61 Å². The van der Waals surface area contributed by atoms with Crippen LogP contribution >= 0.6 is 0 Å².